The van der Waals surface area contributed by atoms with E-state index in [1.54, 1.807) is 0 Å². The zero-order valence-electron chi connectivity index (χ0n) is 14.3. The van der Waals surface area contributed by atoms with Crippen LogP contribution in [0.15, 0.2) is 64.3 Å². The Morgan fingerprint density at radius 1 is 1.11 bits per heavy atom. The summed E-state index contributed by atoms with van der Waals surface area (Å²) in [7, 11) is 0. The van der Waals surface area contributed by atoms with Crippen molar-refractivity contribution in [1.82, 2.24) is 10.3 Å². The van der Waals surface area contributed by atoms with Crippen LogP contribution in [0.5, 0.6) is 5.75 Å². The van der Waals surface area contributed by atoms with Crippen molar-refractivity contribution in [1.29, 1.82) is 0 Å². The third-order valence-electron chi connectivity index (χ3n) is 3.47. The van der Waals surface area contributed by atoms with Gasteiger partial charge in [0.2, 0.25) is 5.91 Å². The van der Waals surface area contributed by atoms with E-state index in [0.29, 0.717) is 0 Å². The topological polar surface area (TPSA) is 68.3 Å². The highest BCUT2D eigenvalue weighted by Gasteiger charge is 2.13. The summed E-state index contributed by atoms with van der Waals surface area (Å²) in [6.45, 7) is -2.94. The molecular formula is C19H14F2N2O3S2. The third kappa shape index (κ3) is 5.61. The molecular weight excluding hydrogens is 406 g/mol. The van der Waals surface area contributed by atoms with Crippen LogP contribution < -0.4 is 10.1 Å². The summed E-state index contributed by atoms with van der Waals surface area (Å²) in [5.74, 6) is -1.12. The summed E-state index contributed by atoms with van der Waals surface area (Å²) >= 11 is 2.65. The lowest BCUT2D eigenvalue weighted by Gasteiger charge is -2.06. The molecule has 0 aliphatic heterocycles. The molecule has 5 nitrogen and oxygen atoms in total. The molecule has 9 heteroatoms. The van der Waals surface area contributed by atoms with Gasteiger partial charge in [0.15, 0.2) is 4.34 Å². The van der Waals surface area contributed by atoms with Crippen molar-refractivity contribution >= 4 is 34.9 Å². The Morgan fingerprint density at radius 3 is 2.50 bits per heavy atom. The minimum atomic E-state index is -2.94. The van der Waals surface area contributed by atoms with Crippen LogP contribution in [0.3, 0.4) is 0 Å². The normalized spacial score (nSPS) is 10.7. The molecule has 3 aromatic rings. The molecule has 28 heavy (non-hydrogen) atoms. The van der Waals surface area contributed by atoms with Crippen molar-refractivity contribution in [3.05, 3.63) is 65.5 Å². The van der Waals surface area contributed by atoms with Gasteiger partial charge in [-0.05, 0) is 24.3 Å². The second-order valence-corrected chi connectivity index (χ2v) is 7.51. The summed E-state index contributed by atoms with van der Waals surface area (Å²) in [6.07, 6.45) is 0. The largest absolute Gasteiger partial charge is 0.435 e. The fourth-order valence-corrected chi connectivity index (χ4v) is 3.85. The van der Waals surface area contributed by atoms with Gasteiger partial charge in [0.05, 0.1) is 11.4 Å². The maximum absolute atomic E-state index is 12.1. The molecule has 1 heterocycles. The van der Waals surface area contributed by atoms with E-state index in [0.717, 1.165) is 15.6 Å². The van der Waals surface area contributed by atoms with Crippen LogP contribution in [0.4, 0.5) is 8.78 Å². The van der Waals surface area contributed by atoms with Crippen LogP contribution in [-0.2, 0) is 4.79 Å². The predicted molar refractivity (Wildman–Crippen MR) is 104 cm³/mol. The number of carbonyl (C=O) groups is 2. The Balaban J connectivity index is 1.50. The van der Waals surface area contributed by atoms with E-state index in [-0.39, 0.29) is 17.1 Å². The quantitative estimate of drug-likeness (QED) is 0.572. The molecule has 0 aliphatic rings. The van der Waals surface area contributed by atoms with Gasteiger partial charge in [-0.1, -0.05) is 42.1 Å². The lowest BCUT2D eigenvalue weighted by molar-refractivity contribution is -0.117. The van der Waals surface area contributed by atoms with Crippen molar-refractivity contribution < 1.29 is 23.1 Å². The number of carbonyl (C=O) groups excluding carboxylic acids is 2. The fourth-order valence-electron chi connectivity index (χ4n) is 2.21. The number of hydrogen-bond donors (Lipinski definition) is 1. The van der Waals surface area contributed by atoms with Crippen LogP contribution in [0.1, 0.15) is 10.4 Å². The van der Waals surface area contributed by atoms with Gasteiger partial charge in [-0.15, -0.1) is 11.3 Å². The molecule has 2 aromatic carbocycles. The summed E-state index contributed by atoms with van der Waals surface area (Å²) in [6, 6.07) is 14.8. The van der Waals surface area contributed by atoms with Gasteiger partial charge >= 0.3 is 6.61 Å². The van der Waals surface area contributed by atoms with Gasteiger partial charge in [-0.2, -0.15) is 8.78 Å². The monoisotopic (exact) mass is 420 g/mol. The number of amides is 2. The molecule has 0 fully saturated rings. The number of thioether (sulfide) groups is 1. The molecule has 1 N–H and O–H groups in total. The molecule has 0 saturated carbocycles. The summed E-state index contributed by atoms with van der Waals surface area (Å²) in [5.41, 5.74) is 1.99. The lowest BCUT2D eigenvalue weighted by Crippen LogP contribution is -2.31. The highest BCUT2D eigenvalue weighted by atomic mass is 32.2. The molecule has 144 valence electrons. The first kappa shape index (κ1) is 20.0. The highest BCUT2D eigenvalue weighted by Crippen LogP contribution is 2.28. The van der Waals surface area contributed by atoms with Gasteiger partial charge in [0.1, 0.15) is 5.75 Å². The van der Waals surface area contributed by atoms with E-state index in [1.807, 2.05) is 35.7 Å². The Kier molecular flexibility index (Phi) is 6.72. The number of benzene rings is 2. The standard InChI is InChI=1S/C19H14F2N2O3S2/c20-18(21)26-14-8-6-13(7-9-14)17(25)23-16(24)11-28-19-22-15(10-27-19)12-4-2-1-3-5-12/h1-10,18H,11H2,(H,23,24,25). The summed E-state index contributed by atoms with van der Waals surface area (Å²) < 4.78 is 29.2. The van der Waals surface area contributed by atoms with Crippen LogP contribution in [0.25, 0.3) is 11.3 Å². The van der Waals surface area contributed by atoms with E-state index in [4.69, 9.17) is 0 Å². The van der Waals surface area contributed by atoms with E-state index < -0.39 is 18.4 Å². The Bertz CT molecular complexity index is 947. The Hall–Kier alpha value is -2.78. The summed E-state index contributed by atoms with van der Waals surface area (Å²) in [4.78, 5) is 28.5. The maximum Gasteiger partial charge on any atom is 0.387 e. The number of halogens is 2. The fraction of sp³-hybridized carbons (Fsp3) is 0.105. The van der Waals surface area contributed by atoms with Crippen LogP contribution in [0.2, 0.25) is 0 Å². The Morgan fingerprint density at radius 2 is 1.82 bits per heavy atom. The van der Waals surface area contributed by atoms with Crippen molar-refractivity contribution in [3.8, 4) is 17.0 Å². The smallest absolute Gasteiger partial charge is 0.387 e. The molecule has 0 spiro atoms. The second kappa shape index (κ2) is 9.43. The third-order valence-corrected chi connectivity index (χ3v) is 5.50. The van der Waals surface area contributed by atoms with Crippen LogP contribution >= 0.6 is 23.1 Å². The van der Waals surface area contributed by atoms with Crippen molar-refractivity contribution in [2.24, 2.45) is 0 Å². The van der Waals surface area contributed by atoms with Crippen LogP contribution in [-0.4, -0.2) is 29.2 Å². The SMILES string of the molecule is O=C(CSc1nc(-c2ccccc2)cs1)NC(=O)c1ccc(OC(F)F)cc1. The number of alkyl halides is 2. The van der Waals surface area contributed by atoms with E-state index in [2.05, 4.69) is 15.0 Å². The molecule has 0 bridgehead atoms. The number of hydrogen-bond acceptors (Lipinski definition) is 6. The van der Waals surface area contributed by atoms with Crippen LogP contribution in [0, 0.1) is 0 Å². The first-order valence-corrected chi connectivity index (χ1v) is 9.90. The van der Waals surface area contributed by atoms with Crippen molar-refractivity contribution in [3.63, 3.8) is 0 Å². The number of aromatic nitrogens is 1. The van der Waals surface area contributed by atoms with Crippen molar-refractivity contribution in [2.75, 3.05) is 5.75 Å². The second-order valence-electron chi connectivity index (χ2n) is 5.43. The average Bonchev–Trinajstić information content (AvgIpc) is 3.16. The first-order valence-electron chi connectivity index (χ1n) is 8.04. The molecule has 1 aromatic heterocycles. The minimum Gasteiger partial charge on any atom is -0.435 e. The minimum absolute atomic E-state index is 0.0278. The highest BCUT2D eigenvalue weighted by molar-refractivity contribution is 8.01. The number of rotatable bonds is 7. The molecule has 0 saturated heterocycles. The predicted octanol–water partition coefficient (Wildman–Crippen LogP) is 4.46. The molecule has 0 aliphatic carbocycles. The van der Waals surface area contributed by atoms with E-state index >= 15 is 0 Å². The molecule has 0 unspecified atom stereocenters. The van der Waals surface area contributed by atoms with Gasteiger partial charge < -0.3 is 4.74 Å². The number of nitrogens with zero attached hydrogens (tertiary/aromatic N) is 1. The zero-order chi connectivity index (χ0) is 19.9. The molecule has 0 atom stereocenters. The first-order chi connectivity index (χ1) is 13.5. The molecule has 0 radical (unpaired) electrons. The Labute approximate surface area is 167 Å². The van der Waals surface area contributed by atoms with E-state index in [1.165, 1.54) is 47.4 Å². The molecule has 2 amide bonds. The van der Waals surface area contributed by atoms with Gasteiger partial charge in [-0.25, -0.2) is 4.98 Å². The van der Waals surface area contributed by atoms with Gasteiger partial charge in [-0.3, -0.25) is 14.9 Å². The number of imide groups is 1. The van der Waals surface area contributed by atoms with Crippen molar-refractivity contribution in [2.45, 2.75) is 11.0 Å². The number of thiazole rings is 1. The average molecular weight is 420 g/mol. The molecule has 3 rings (SSSR count). The summed E-state index contributed by atoms with van der Waals surface area (Å²) in [5, 5.41) is 4.16. The van der Waals surface area contributed by atoms with Gasteiger partial charge in [0.25, 0.3) is 5.91 Å². The lowest BCUT2D eigenvalue weighted by atomic mass is 10.2. The number of nitrogens with one attached hydrogen (secondary N) is 1. The number of ether oxygens (including phenoxy) is 1. The maximum atomic E-state index is 12.1. The zero-order valence-corrected chi connectivity index (χ0v) is 15.9. The van der Waals surface area contributed by atoms with Gasteiger partial charge in [0, 0.05) is 16.5 Å². The van der Waals surface area contributed by atoms with E-state index in [9.17, 15) is 18.4 Å².